The third-order valence-electron chi connectivity index (χ3n) is 8.23. The van der Waals surface area contributed by atoms with E-state index in [2.05, 4.69) is 0 Å². The van der Waals surface area contributed by atoms with Crippen molar-refractivity contribution in [3.05, 3.63) is 168 Å². The maximum absolute atomic E-state index is 15.2. The standard InChI is InChI=1S/C38H30N2O3/c1-27-26-38(31-22-12-5-13-23-31)40(33-25-15-14-24-32(33)39(27)36(41)30-20-10-4-11-21-30)37(42)34(28-16-6-2-7-17-28)35(43-38)29-18-8-3-9-19-29/h2-25,27H,26H2,1H3/t27-,38+/m1/s1. The fourth-order valence-corrected chi connectivity index (χ4v) is 6.35. The Bertz CT molecular complexity index is 1820. The quantitative estimate of drug-likeness (QED) is 0.224. The maximum atomic E-state index is 15.2. The average Bonchev–Trinajstić information content (AvgIpc) is 3.18. The molecule has 0 spiro atoms. The lowest BCUT2D eigenvalue weighted by Crippen LogP contribution is -2.55. The minimum atomic E-state index is -1.23. The molecule has 5 heteroatoms. The van der Waals surface area contributed by atoms with E-state index in [4.69, 9.17) is 4.74 Å². The van der Waals surface area contributed by atoms with Gasteiger partial charge in [-0.1, -0.05) is 121 Å². The Kier molecular flexibility index (Phi) is 6.63. The molecule has 0 unspecified atom stereocenters. The van der Waals surface area contributed by atoms with E-state index in [1.807, 2.05) is 157 Å². The topological polar surface area (TPSA) is 49.9 Å². The molecule has 2 aliphatic rings. The van der Waals surface area contributed by atoms with Crippen LogP contribution in [0.25, 0.3) is 11.3 Å². The second kappa shape index (κ2) is 10.8. The first-order chi connectivity index (χ1) is 21.1. The number of hydrogen-bond donors (Lipinski definition) is 0. The van der Waals surface area contributed by atoms with Crippen molar-refractivity contribution in [3.8, 4) is 0 Å². The number of rotatable bonds is 4. The minimum absolute atomic E-state index is 0.129. The van der Waals surface area contributed by atoms with Gasteiger partial charge in [0, 0.05) is 29.2 Å². The van der Waals surface area contributed by atoms with Gasteiger partial charge in [0.05, 0.1) is 16.9 Å². The summed E-state index contributed by atoms with van der Waals surface area (Å²) >= 11 is 0. The molecular weight excluding hydrogens is 532 g/mol. The summed E-state index contributed by atoms with van der Waals surface area (Å²) in [5.74, 6) is 0.203. The summed E-state index contributed by atoms with van der Waals surface area (Å²) in [6.45, 7) is 2.03. The van der Waals surface area contributed by atoms with Gasteiger partial charge >= 0.3 is 0 Å². The Labute approximate surface area is 251 Å². The van der Waals surface area contributed by atoms with Crippen LogP contribution in [-0.2, 0) is 15.3 Å². The number of carbonyl (C=O) groups is 2. The molecule has 5 aromatic rings. The lowest BCUT2D eigenvalue weighted by molar-refractivity contribution is -0.120. The molecule has 2 heterocycles. The number of benzene rings is 5. The molecule has 0 saturated heterocycles. The van der Waals surface area contributed by atoms with E-state index in [0.717, 1.165) is 16.7 Å². The van der Waals surface area contributed by atoms with Crippen LogP contribution in [0.5, 0.6) is 0 Å². The van der Waals surface area contributed by atoms with Gasteiger partial charge < -0.3 is 9.64 Å². The summed E-state index contributed by atoms with van der Waals surface area (Å²) in [6.07, 6.45) is 0.342. The van der Waals surface area contributed by atoms with E-state index in [0.29, 0.717) is 34.7 Å². The fraction of sp³-hybridized carbons (Fsp3) is 0.105. The minimum Gasteiger partial charge on any atom is -0.462 e. The molecule has 0 radical (unpaired) electrons. The lowest BCUT2D eigenvalue weighted by Gasteiger charge is -2.48. The number of fused-ring (bicyclic) bond motifs is 3. The molecule has 7 rings (SSSR count). The van der Waals surface area contributed by atoms with E-state index in [1.54, 1.807) is 4.90 Å². The van der Waals surface area contributed by atoms with E-state index < -0.39 is 5.72 Å². The van der Waals surface area contributed by atoms with Crippen LogP contribution in [0, 0.1) is 0 Å². The number of carbonyl (C=O) groups excluding carboxylic acids is 2. The van der Waals surface area contributed by atoms with Gasteiger partial charge in [-0.2, -0.15) is 0 Å². The van der Waals surface area contributed by atoms with Gasteiger partial charge in [0.1, 0.15) is 5.76 Å². The van der Waals surface area contributed by atoms with Gasteiger partial charge in [0.2, 0.25) is 5.72 Å². The van der Waals surface area contributed by atoms with E-state index in [9.17, 15) is 4.79 Å². The Morgan fingerprint density at radius 3 is 1.81 bits per heavy atom. The Morgan fingerprint density at radius 2 is 1.19 bits per heavy atom. The van der Waals surface area contributed by atoms with Crippen molar-refractivity contribution in [3.63, 3.8) is 0 Å². The largest absolute Gasteiger partial charge is 0.462 e. The van der Waals surface area contributed by atoms with Crippen LogP contribution in [0.2, 0.25) is 0 Å². The van der Waals surface area contributed by atoms with E-state index >= 15 is 4.79 Å². The fourth-order valence-electron chi connectivity index (χ4n) is 6.35. The predicted molar refractivity (Wildman–Crippen MR) is 170 cm³/mol. The highest BCUT2D eigenvalue weighted by Gasteiger charge is 2.55. The highest BCUT2D eigenvalue weighted by atomic mass is 16.5. The molecule has 2 atom stereocenters. The average molecular weight is 563 g/mol. The predicted octanol–water partition coefficient (Wildman–Crippen LogP) is 7.91. The van der Waals surface area contributed by atoms with Crippen molar-refractivity contribution in [1.82, 2.24) is 0 Å². The zero-order valence-electron chi connectivity index (χ0n) is 23.8. The molecule has 0 bridgehead atoms. The Hall–Kier alpha value is -5.42. The summed E-state index contributed by atoms with van der Waals surface area (Å²) in [6, 6.07) is 45.9. The first-order valence-corrected chi connectivity index (χ1v) is 14.5. The third-order valence-corrected chi connectivity index (χ3v) is 8.23. The second-order valence-corrected chi connectivity index (χ2v) is 10.9. The van der Waals surface area contributed by atoms with Gasteiger partial charge in [-0.15, -0.1) is 0 Å². The Morgan fingerprint density at radius 1 is 0.674 bits per heavy atom. The number of nitrogens with zero attached hydrogens (tertiary/aromatic N) is 2. The monoisotopic (exact) mass is 562 g/mol. The van der Waals surface area contributed by atoms with Crippen LogP contribution >= 0.6 is 0 Å². The van der Waals surface area contributed by atoms with Crippen LogP contribution in [0.15, 0.2) is 146 Å². The first kappa shape index (κ1) is 26.5. The maximum Gasteiger partial charge on any atom is 0.266 e. The number of amides is 2. The molecule has 210 valence electrons. The molecule has 0 saturated carbocycles. The van der Waals surface area contributed by atoms with Gasteiger partial charge in [-0.3, -0.25) is 14.5 Å². The summed E-state index contributed by atoms with van der Waals surface area (Å²) in [5.41, 5.74) is 3.51. The first-order valence-electron chi connectivity index (χ1n) is 14.5. The van der Waals surface area contributed by atoms with Crippen molar-refractivity contribution in [2.75, 3.05) is 9.80 Å². The third kappa shape index (κ3) is 4.41. The molecule has 0 aliphatic carbocycles. The number of para-hydroxylation sites is 2. The van der Waals surface area contributed by atoms with Crippen molar-refractivity contribution in [2.24, 2.45) is 0 Å². The van der Waals surface area contributed by atoms with Gasteiger partial charge in [-0.25, -0.2) is 0 Å². The summed E-state index contributed by atoms with van der Waals surface area (Å²) in [4.78, 5) is 33.0. The van der Waals surface area contributed by atoms with Crippen LogP contribution in [0.4, 0.5) is 11.4 Å². The highest BCUT2D eigenvalue weighted by Crippen LogP contribution is 2.53. The number of ether oxygens (including phenoxy) is 1. The Balaban J connectivity index is 1.52. The second-order valence-electron chi connectivity index (χ2n) is 10.9. The number of anilines is 2. The smallest absolute Gasteiger partial charge is 0.266 e. The number of hydrogen-bond acceptors (Lipinski definition) is 3. The van der Waals surface area contributed by atoms with Crippen LogP contribution < -0.4 is 9.80 Å². The molecule has 2 amide bonds. The van der Waals surface area contributed by atoms with Crippen LogP contribution in [-0.4, -0.2) is 17.9 Å². The molecule has 0 aromatic heterocycles. The SMILES string of the molecule is C[C@@H]1C[C@@]2(c3ccccc3)OC(c3ccccc3)=C(c3ccccc3)C(=O)N2c2ccccc2N1C(=O)c1ccccc1. The molecule has 5 aromatic carbocycles. The van der Waals surface area contributed by atoms with Crippen molar-refractivity contribution >= 4 is 34.5 Å². The molecule has 0 N–H and O–H groups in total. The normalized spacial score (nSPS) is 19.7. The summed E-state index contributed by atoms with van der Waals surface area (Å²) in [5, 5.41) is 0. The zero-order valence-corrected chi connectivity index (χ0v) is 23.8. The molecular formula is C38H30N2O3. The van der Waals surface area contributed by atoms with Crippen LogP contribution in [0.1, 0.15) is 40.4 Å². The molecule has 43 heavy (non-hydrogen) atoms. The molecule has 2 aliphatic heterocycles. The summed E-state index contributed by atoms with van der Waals surface area (Å²) in [7, 11) is 0. The van der Waals surface area contributed by atoms with Crippen molar-refractivity contribution < 1.29 is 14.3 Å². The van der Waals surface area contributed by atoms with Crippen molar-refractivity contribution in [2.45, 2.75) is 25.1 Å². The van der Waals surface area contributed by atoms with Gasteiger partial charge in [0.25, 0.3) is 11.8 Å². The van der Waals surface area contributed by atoms with E-state index in [1.165, 1.54) is 0 Å². The van der Waals surface area contributed by atoms with E-state index in [-0.39, 0.29) is 17.9 Å². The van der Waals surface area contributed by atoms with Gasteiger partial charge in [0.15, 0.2) is 0 Å². The van der Waals surface area contributed by atoms with Gasteiger partial charge in [-0.05, 0) is 36.8 Å². The van der Waals surface area contributed by atoms with Crippen molar-refractivity contribution in [1.29, 1.82) is 0 Å². The van der Waals surface area contributed by atoms with Crippen LogP contribution in [0.3, 0.4) is 0 Å². The summed E-state index contributed by atoms with van der Waals surface area (Å²) < 4.78 is 7.28. The highest BCUT2D eigenvalue weighted by molar-refractivity contribution is 6.33. The molecule has 0 fully saturated rings. The lowest BCUT2D eigenvalue weighted by atomic mass is 9.88. The molecule has 5 nitrogen and oxygen atoms in total. The zero-order chi connectivity index (χ0) is 29.4.